The molecule has 0 saturated carbocycles. The summed E-state index contributed by atoms with van der Waals surface area (Å²) in [5, 5.41) is 0. The standard InChI is InChI=1S/C13H19N3O/c1-10(2)13(17)16-7-3-4-11(8-16)12-5-6-14-9-15-12/h5-6,9-11H,3-4,7-8H2,1-2H3. The molecule has 0 aliphatic carbocycles. The van der Waals surface area contributed by atoms with Crippen LogP contribution in [0.1, 0.15) is 38.3 Å². The Morgan fingerprint density at radius 2 is 2.35 bits per heavy atom. The Labute approximate surface area is 102 Å². The van der Waals surface area contributed by atoms with Gasteiger partial charge in [0.2, 0.25) is 5.91 Å². The van der Waals surface area contributed by atoms with Crippen molar-refractivity contribution in [3.63, 3.8) is 0 Å². The first-order valence-corrected chi connectivity index (χ1v) is 6.23. The fraction of sp³-hybridized carbons (Fsp3) is 0.615. The van der Waals surface area contributed by atoms with E-state index in [0.717, 1.165) is 31.6 Å². The Kier molecular flexibility index (Phi) is 3.71. The molecule has 2 rings (SSSR count). The Bertz CT molecular complexity index is 378. The molecular weight excluding hydrogens is 214 g/mol. The first-order valence-electron chi connectivity index (χ1n) is 6.23. The topological polar surface area (TPSA) is 46.1 Å². The van der Waals surface area contributed by atoms with E-state index in [1.165, 1.54) is 0 Å². The zero-order valence-electron chi connectivity index (χ0n) is 10.5. The van der Waals surface area contributed by atoms with Gasteiger partial charge in [0.15, 0.2) is 0 Å². The molecule has 1 atom stereocenters. The number of hydrogen-bond donors (Lipinski definition) is 0. The van der Waals surface area contributed by atoms with Crippen LogP contribution in [0.5, 0.6) is 0 Å². The normalized spacial score (nSPS) is 20.6. The molecule has 2 heterocycles. The van der Waals surface area contributed by atoms with E-state index in [1.807, 2.05) is 24.8 Å². The summed E-state index contributed by atoms with van der Waals surface area (Å²) in [5.74, 6) is 0.706. The molecule has 1 saturated heterocycles. The number of amides is 1. The molecular formula is C13H19N3O. The summed E-state index contributed by atoms with van der Waals surface area (Å²) in [5.41, 5.74) is 1.06. The largest absolute Gasteiger partial charge is 0.342 e. The number of likely N-dealkylation sites (tertiary alicyclic amines) is 1. The minimum atomic E-state index is 0.0825. The van der Waals surface area contributed by atoms with Crippen molar-refractivity contribution >= 4 is 5.91 Å². The zero-order chi connectivity index (χ0) is 12.3. The van der Waals surface area contributed by atoms with Crippen molar-refractivity contribution < 1.29 is 4.79 Å². The van der Waals surface area contributed by atoms with E-state index in [9.17, 15) is 4.79 Å². The van der Waals surface area contributed by atoms with Gasteiger partial charge in [-0.15, -0.1) is 0 Å². The number of rotatable bonds is 2. The van der Waals surface area contributed by atoms with Gasteiger partial charge in [-0.1, -0.05) is 13.8 Å². The molecule has 0 aromatic carbocycles. The first-order chi connectivity index (χ1) is 8.18. The minimum absolute atomic E-state index is 0.0825. The Hall–Kier alpha value is -1.45. The van der Waals surface area contributed by atoms with Gasteiger partial charge in [0.1, 0.15) is 6.33 Å². The van der Waals surface area contributed by atoms with Crippen molar-refractivity contribution in [3.05, 3.63) is 24.3 Å². The predicted octanol–water partition coefficient (Wildman–Crippen LogP) is 1.84. The lowest BCUT2D eigenvalue weighted by molar-refractivity contribution is -0.135. The summed E-state index contributed by atoms with van der Waals surface area (Å²) < 4.78 is 0. The van der Waals surface area contributed by atoms with Crippen LogP contribution in [-0.2, 0) is 4.79 Å². The second-order valence-corrected chi connectivity index (χ2v) is 4.91. The van der Waals surface area contributed by atoms with Gasteiger partial charge in [0, 0.05) is 36.8 Å². The van der Waals surface area contributed by atoms with Gasteiger partial charge in [0.05, 0.1) is 0 Å². The number of carbonyl (C=O) groups is 1. The Balaban J connectivity index is 2.05. The van der Waals surface area contributed by atoms with Crippen molar-refractivity contribution in [2.24, 2.45) is 5.92 Å². The highest BCUT2D eigenvalue weighted by Crippen LogP contribution is 2.25. The summed E-state index contributed by atoms with van der Waals surface area (Å²) in [7, 11) is 0. The van der Waals surface area contributed by atoms with E-state index >= 15 is 0 Å². The summed E-state index contributed by atoms with van der Waals surface area (Å²) >= 11 is 0. The summed E-state index contributed by atoms with van der Waals surface area (Å²) in [6.45, 7) is 5.60. The lowest BCUT2D eigenvalue weighted by Crippen LogP contribution is -2.41. The highest BCUT2D eigenvalue weighted by Gasteiger charge is 2.26. The summed E-state index contributed by atoms with van der Waals surface area (Å²) in [6.07, 6.45) is 5.52. The van der Waals surface area contributed by atoms with E-state index in [-0.39, 0.29) is 11.8 Å². The average Bonchev–Trinajstić information content (AvgIpc) is 2.39. The SMILES string of the molecule is CC(C)C(=O)N1CCCC(c2ccncn2)C1. The van der Waals surface area contributed by atoms with Gasteiger partial charge in [-0.3, -0.25) is 4.79 Å². The Morgan fingerprint density at radius 3 is 3.00 bits per heavy atom. The summed E-state index contributed by atoms with van der Waals surface area (Å²) in [6, 6.07) is 1.95. The molecule has 1 unspecified atom stereocenters. The maximum absolute atomic E-state index is 12.0. The van der Waals surface area contributed by atoms with Gasteiger partial charge in [0.25, 0.3) is 0 Å². The highest BCUT2D eigenvalue weighted by atomic mass is 16.2. The number of nitrogens with zero attached hydrogens (tertiary/aromatic N) is 3. The van der Waals surface area contributed by atoms with Crippen LogP contribution in [0.15, 0.2) is 18.6 Å². The molecule has 4 nitrogen and oxygen atoms in total. The molecule has 1 aliphatic rings. The van der Waals surface area contributed by atoms with Crippen molar-refractivity contribution in [1.29, 1.82) is 0 Å². The molecule has 0 spiro atoms. The van der Waals surface area contributed by atoms with Crippen LogP contribution in [0.4, 0.5) is 0 Å². The first kappa shape index (κ1) is 12.0. The van der Waals surface area contributed by atoms with Crippen LogP contribution < -0.4 is 0 Å². The molecule has 1 aromatic heterocycles. The third kappa shape index (κ3) is 2.81. The molecule has 1 aromatic rings. The predicted molar refractivity (Wildman–Crippen MR) is 65.4 cm³/mol. The van der Waals surface area contributed by atoms with Crippen molar-refractivity contribution in [2.75, 3.05) is 13.1 Å². The van der Waals surface area contributed by atoms with Gasteiger partial charge < -0.3 is 4.90 Å². The second-order valence-electron chi connectivity index (χ2n) is 4.91. The van der Waals surface area contributed by atoms with E-state index < -0.39 is 0 Å². The molecule has 1 aliphatic heterocycles. The Morgan fingerprint density at radius 1 is 1.53 bits per heavy atom. The highest BCUT2D eigenvalue weighted by molar-refractivity contribution is 5.78. The molecule has 0 N–H and O–H groups in total. The number of carbonyl (C=O) groups excluding carboxylic acids is 1. The number of hydrogen-bond acceptors (Lipinski definition) is 3. The van der Waals surface area contributed by atoms with Gasteiger partial charge >= 0.3 is 0 Å². The zero-order valence-corrected chi connectivity index (χ0v) is 10.5. The molecule has 1 amide bonds. The fourth-order valence-corrected chi connectivity index (χ4v) is 2.33. The maximum atomic E-state index is 12.0. The molecule has 92 valence electrons. The van der Waals surface area contributed by atoms with Crippen LogP contribution in [0, 0.1) is 5.92 Å². The van der Waals surface area contributed by atoms with Crippen molar-refractivity contribution in [2.45, 2.75) is 32.6 Å². The van der Waals surface area contributed by atoms with Crippen LogP contribution in [0.3, 0.4) is 0 Å². The smallest absolute Gasteiger partial charge is 0.225 e. The lowest BCUT2D eigenvalue weighted by atomic mass is 9.94. The second kappa shape index (κ2) is 5.25. The number of aromatic nitrogens is 2. The van der Waals surface area contributed by atoms with E-state index in [2.05, 4.69) is 9.97 Å². The fourth-order valence-electron chi connectivity index (χ4n) is 2.33. The quantitative estimate of drug-likeness (QED) is 0.783. The van der Waals surface area contributed by atoms with Crippen LogP contribution in [0.2, 0.25) is 0 Å². The molecule has 0 radical (unpaired) electrons. The van der Waals surface area contributed by atoms with Gasteiger partial charge in [-0.2, -0.15) is 0 Å². The van der Waals surface area contributed by atoms with Crippen LogP contribution >= 0.6 is 0 Å². The third-order valence-electron chi connectivity index (χ3n) is 3.25. The van der Waals surface area contributed by atoms with Crippen molar-refractivity contribution in [3.8, 4) is 0 Å². The van der Waals surface area contributed by atoms with Crippen molar-refractivity contribution in [1.82, 2.24) is 14.9 Å². The third-order valence-corrected chi connectivity index (χ3v) is 3.25. The maximum Gasteiger partial charge on any atom is 0.225 e. The molecule has 17 heavy (non-hydrogen) atoms. The van der Waals surface area contributed by atoms with Crippen LogP contribution in [-0.4, -0.2) is 33.9 Å². The molecule has 1 fully saturated rings. The number of piperidine rings is 1. The lowest BCUT2D eigenvalue weighted by Gasteiger charge is -2.33. The van der Waals surface area contributed by atoms with E-state index in [4.69, 9.17) is 0 Å². The van der Waals surface area contributed by atoms with E-state index in [0.29, 0.717) is 5.92 Å². The van der Waals surface area contributed by atoms with Gasteiger partial charge in [-0.25, -0.2) is 9.97 Å². The summed E-state index contributed by atoms with van der Waals surface area (Å²) in [4.78, 5) is 22.2. The van der Waals surface area contributed by atoms with Crippen LogP contribution in [0.25, 0.3) is 0 Å². The molecule has 4 heteroatoms. The monoisotopic (exact) mass is 233 g/mol. The van der Waals surface area contributed by atoms with Gasteiger partial charge in [-0.05, 0) is 18.9 Å². The average molecular weight is 233 g/mol. The molecule has 0 bridgehead atoms. The van der Waals surface area contributed by atoms with E-state index in [1.54, 1.807) is 12.5 Å². The minimum Gasteiger partial charge on any atom is -0.342 e.